The molecule has 0 unspecified atom stereocenters. The van der Waals surface area contributed by atoms with Gasteiger partial charge in [0.15, 0.2) is 5.75 Å². The number of nitrogens with zero attached hydrogens (tertiary/aromatic N) is 1. The molecule has 104 valence electrons. The molecule has 5 nitrogen and oxygen atoms in total. The van der Waals surface area contributed by atoms with Crippen molar-refractivity contribution in [2.75, 3.05) is 17.7 Å². The van der Waals surface area contributed by atoms with Gasteiger partial charge in [-0.3, -0.25) is 4.79 Å². The van der Waals surface area contributed by atoms with Crippen molar-refractivity contribution in [1.29, 1.82) is 0 Å². The number of nitrogen functional groups attached to an aromatic ring is 1. The maximum absolute atomic E-state index is 11.4. The SMILES string of the molecule is COc1c(N2Cc3ccccc3C2)sc(C(N)=O)c1N. The first-order valence-corrected chi connectivity index (χ1v) is 7.01. The number of anilines is 2. The summed E-state index contributed by atoms with van der Waals surface area (Å²) in [6.07, 6.45) is 0. The molecule has 0 atom stereocenters. The second-order valence-electron chi connectivity index (χ2n) is 4.67. The number of hydrogen-bond acceptors (Lipinski definition) is 5. The molecule has 1 amide bonds. The van der Waals surface area contributed by atoms with Crippen LogP contribution in [0.1, 0.15) is 20.8 Å². The van der Waals surface area contributed by atoms with E-state index in [0.29, 0.717) is 16.3 Å². The molecular formula is C14H15N3O2S. The van der Waals surface area contributed by atoms with E-state index in [1.807, 2.05) is 12.1 Å². The smallest absolute Gasteiger partial charge is 0.261 e. The van der Waals surface area contributed by atoms with Gasteiger partial charge in [0.2, 0.25) is 0 Å². The minimum atomic E-state index is -0.520. The van der Waals surface area contributed by atoms with Crippen LogP contribution in [0.4, 0.5) is 10.7 Å². The normalized spacial score (nSPS) is 13.3. The lowest BCUT2D eigenvalue weighted by atomic mass is 10.1. The van der Waals surface area contributed by atoms with Crippen molar-refractivity contribution >= 4 is 27.9 Å². The predicted octanol–water partition coefficient (Wildman–Crippen LogP) is 1.96. The topological polar surface area (TPSA) is 81.6 Å². The van der Waals surface area contributed by atoms with Crippen LogP contribution >= 0.6 is 11.3 Å². The van der Waals surface area contributed by atoms with Crippen LogP contribution in [0, 0.1) is 0 Å². The fourth-order valence-electron chi connectivity index (χ4n) is 2.48. The quantitative estimate of drug-likeness (QED) is 0.905. The van der Waals surface area contributed by atoms with Gasteiger partial charge >= 0.3 is 0 Å². The third-order valence-electron chi connectivity index (χ3n) is 3.44. The third-order valence-corrected chi connectivity index (χ3v) is 4.70. The molecule has 0 aliphatic carbocycles. The highest BCUT2D eigenvalue weighted by molar-refractivity contribution is 7.19. The van der Waals surface area contributed by atoms with E-state index < -0.39 is 5.91 Å². The fraction of sp³-hybridized carbons (Fsp3) is 0.214. The molecule has 6 heteroatoms. The van der Waals surface area contributed by atoms with Crippen molar-refractivity contribution in [3.8, 4) is 5.75 Å². The highest BCUT2D eigenvalue weighted by Gasteiger charge is 2.27. The number of benzene rings is 1. The maximum atomic E-state index is 11.4. The van der Waals surface area contributed by atoms with Gasteiger partial charge in [-0.2, -0.15) is 0 Å². The molecule has 0 spiro atoms. The summed E-state index contributed by atoms with van der Waals surface area (Å²) in [7, 11) is 1.55. The number of carbonyl (C=O) groups is 1. The number of rotatable bonds is 3. The molecule has 20 heavy (non-hydrogen) atoms. The Kier molecular flexibility index (Phi) is 3.02. The Morgan fingerprint density at radius 2 is 1.90 bits per heavy atom. The summed E-state index contributed by atoms with van der Waals surface area (Å²) in [5.41, 5.74) is 14.2. The molecule has 1 aromatic heterocycles. The first kappa shape index (κ1) is 12.8. The summed E-state index contributed by atoms with van der Waals surface area (Å²) in [6, 6.07) is 8.26. The maximum Gasteiger partial charge on any atom is 0.261 e. The standard InChI is InChI=1S/C14H15N3O2S/c1-19-11-10(15)12(13(16)18)20-14(11)17-6-8-4-2-3-5-9(8)7-17/h2-5H,6-7,15H2,1H3,(H2,16,18). The van der Waals surface area contributed by atoms with E-state index >= 15 is 0 Å². The van der Waals surface area contributed by atoms with Crippen molar-refractivity contribution in [3.63, 3.8) is 0 Å². The number of nitrogens with two attached hydrogens (primary N) is 2. The van der Waals surface area contributed by atoms with Crippen LogP contribution in [0.5, 0.6) is 5.75 Å². The van der Waals surface area contributed by atoms with Gasteiger partial charge in [0.25, 0.3) is 5.91 Å². The second kappa shape index (κ2) is 4.72. The van der Waals surface area contributed by atoms with E-state index in [-0.39, 0.29) is 0 Å². The van der Waals surface area contributed by atoms with Gasteiger partial charge in [-0.1, -0.05) is 24.3 Å². The average Bonchev–Trinajstić information content (AvgIpc) is 2.98. The van der Waals surface area contributed by atoms with Gasteiger partial charge in [-0.05, 0) is 11.1 Å². The van der Waals surface area contributed by atoms with Crippen LogP contribution in [-0.4, -0.2) is 13.0 Å². The summed E-state index contributed by atoms with van der Waals surface area (Å²) in [6.45, 7) is 1.56. The number of amides is 1. The highest BCUT2D eigenvalue weighted by atomic mass is 32.1. The summed E-state index contributed by atoms with van der Waals surface area (Å²) in [5.74, 6) is 0.0189. The zero-order chi connectivity index (χ0) is 14.3. The zero-order valence-electron chi connectivity index (χ0n) is 11.1. The van der Waals surface area contributed by atoms with Gasteiger partial charge in [-0.15, -0.1) is 11.3 Å². The van der Waals surface area contributed by atoms with Gasteiger partial charge in [-0.25, -0.2) is 0 Å². The Labute approximate surface area is 120 Å². The number of methoxy groups -OCH3 is 1. The van der Waals surface area contributed by atoms with Crippen molar-refractivity contribution in [1.82, 2.24) is 0 Å². The van der Waals surface area contributed by atoms with E-state index in [1.54, 1.807) is 7.11 Å². The van der Waals surface area contributed by atoms with E-state index in [1.165, 1.54) is 22.5 Å². The van der Waals surface area contributed by atoms with Crippen LogP contribution < -0.4 is 21.1 Å². The van der Waals surface area contributed by atoms with Crippen LogP contribution in [0.2, 0.25) is 0 Å². The lowest BCUT2D eigenvalue weighted by Crippen LogP contribution is -2.13. The fourth-order valence-corrected chi connectivity index (χ4v) is 3.52. The molecule has 1 aliphatic heterocycles. The molecule has 0 radical (unpaired) electrons. The van der Waals surface area contributed by atoms with Crippen molar-refractivity contribution in [2.24, 2.45) is 5.73 Å². The summed E-state index contributed by atoms with van der Waals surface area (Å²) < 4.78 is 5.35. The second-order valence-corrected chi connectivity index (χ2v) is 5.67. The van der Waals surface area contributed by atoms with Gasteiger partial charge in [0, 0.05) is 13.1 Å². The minimum absolute atomic E-state index is 0.330. The number of primary amides is 1. The Hall–Kier alpha value is -2.21. The summed E-state index contributed by atoms with van der Waals surface area (Å²) in [5, 5.41) is 0.856. The molecule has 0 fully saturated rings. The molecule has 4 N–H and O–H groups in total. The van der Waals surface area contributed by atoms with Gasteiger partial charge < -0.3 is 21.1 Å². The lowest BCUT2D eigenvalue weighted by molar-refractivity contribution is 0.100. The molecule has 3 rings (SSSR count). The number of fused-ring (bicyclic) bond motifs is 1. The highest BCUT2D eigenvalue weighted by Crippen LogP contribution is 2.46. The predicted molar refractivity (Wildman–Crippen MR) is 80.1 cm³/mol. The van der Waals surface area contributed by atoms with Crippen LogP contribution in [0.15, 0.2) is 24.3 Å². The molecule has 0 bridgehead atoms. The van der Waals surface area contributed by atoms with Crippen LogP contribution in [-0.2, 0) is 13.1 Å². The van der Waals surface area contributed by atoms with Crippen LogP contribution in [0.25, 0.3) is 0 Å². The van der Waals surface area contributed by atoms with Crippen molar-refractivity contribution in [3.05, 3.63) is 40.3 Å². The first-order valence-electron chi connectivity index (χ1n) is 6.19. The first-order chi connectivity index (χ1) is 9.61. The summed E-state index contributed by atoms with van der Waals surface area (Å²) in [4.78, 5) is 13.9. The van der Waals surface area contributed by atoms with Gasteiger partial charge in [0.05, 0.1) is 7.11 Å². The lowest BCUT2D eigenvalue weighted by Gasteiger charge is -2.16. The number of hydrogen-bond donors (Lipinski definition) is 2. The molecule has 2 aromatic rings. The molecule has 0 saturated carbocycles. The minimum Gasteiger partial charge on any atom is -0.492 e. The largest absolute Gasteiger partial charge is 0.492 e. The Balaban J connectivity index is 2.00. The summed E-state index contributed by atoms with van der Waals surface area (Å²) >= 11 is 1.29. The molecule has 1 aliphatic rings. The van der Waals surface area contributed by atoms with E-state index in [9.17, 15) is 4.79 Å². The zero-order valence-corrected chi connectivity index (χ0v) is 11.9. The molecular weight excluding hydrogens is 274 g/mol. The number of thiophene rings is 1. The molecule has 2 heterocycles. The van der Waals surface area contributed by atoms with Crippen molar-refractivity contribution in [2.45, 2.75) is 13.1 Å². The monoisotopic (exact) mass is 289 g/mol. The number of carbonyl (C=O) groups excluding carboxylic acids is 1. The van der Waals surface area contributed by atoms with Crippen LogP contribution in [0.3, 0.4) is 0 Å². The average molecular weight is 289 g/mol. The number of ether oxygens (including phenoxy) is 1. The van der Waals surface area contributed by atoms with E-state index in [4.69, 9.17) is 16.2 Å². The van der Waals surface area contributed by atoms with Crippen molar-refractivity contribution < 1.29 is 9.53 Å². The van der Waals surface area contributed by atoms with E-state index in [0.717, 1.165) is 18.1 Å². The Morgan fingerprint density at radius 3 is 2.40 bits per heavy atom. The molecule has 1 aromatic carbocycles. The van der Waals surface area contributed by atoms with Gasteiger partial charge in [0.1, 0.15) is 15.6 Å². The molecule has 0 saturated heterocycles. The Morgan fingerprint density at radius 1 is 1.30 bits per heavy atom. The van der Waals surface area contributed by atoms with E-state index in [2.05, 4.69) is 17.0 Å². The third kappa shape index (κ3) is 1.89. The Bertz CT molecular complexity index is 656.